The third kappa shape index (κ3) is 2.92. The van der Waals surface area contributed by atoms with Crippen LogP contribution in [-0.2, 0) is 17.4 Å². The van der Waals surface area contributed by atoms with E-state index < -0.39 is 18.0 Å². The van der Waals surface area contributed by atoms with Crippen LogP contribution in [0.5, 0.6) is 0 Å². The van der Waals surface area contributed by atoms with E-state index >= 15 is 0 Å². The number of halogens is 3. The van der Waals surface area contributed by atoms with Crippen LogP contribution in [0, 0.1) is 6.92 Å². The lowest BCUT2D eigenvalue weighted by Crippen LogP contribution is -2.11. The first-order valence-corrected chi connectivity index (χ1v) is 5.44. The minimum Gasteiger partial charge on any atom is -0.481 e. The molecule has 20 heavy (non-hydrogen) atoms. The first-order chi connectivity index (χ1) is 9.27. The Labute approximate surface area is 110 Å². The van der Waals surface area contributed by atoms with Crippen LogP contribution in [0.15, 0.2) is 18.6 Å². The maximum Gasteiger partial charge on any atom is 0.451 e. The van der Waals surface area contributed by atoms with Crippen molar-refractivity contribution in [2.24, 2.45) is 0 Å². The molecular formula is C11H9F3N4O2. The van der Waals surface area contributed by atoms with Gasteiger partial charge in [-0.05, 0) is 6.92 Å². The summed E-state index contributed by atoms with van der Waals surface area (Å²) >= 11 is 0. The van der Waals surface area contributed by atoms with E-state index in [1.807, 2.05) is 0 Å². The molecule has 9 heteroatoms. The molecule has 0 aliphatic rings. The summed E-state index contributed by atoms with van der Waals surface area (Å²) in [6.07, 6.45) is -1.44. The van der Waals surface area contributed by atoms with Crippen molar-refractivity contribution in [1.82, 2.24) is 19.7 Å². The first kappa shape index (κ1) is 14.0. The van der Waals surface area contributed by atoms with Crippen molar-refractivity contribution in [1.29, 1.82) is 0 Å². The smallest absolute Gasteiger partial charge is 0.451 e. The Bertz CT molecular complexity index is 634. The van der Waals surface area contributed by atoms with E-state index in [9.17, 15) is 18.0 Å². The molecule has 0 saturated carbocycles. The van der Waals surface area contributed by atoms with Crippen molar-refractivity contribution in [3.63, 3.8) is 0 Å². The van der Waals surface area contributed by atoms with Crippen LogP contribution in [0.3, 0.4) is 0 Å². The average Bonchev–Trinajstić information content (AvgIpc) is 2.69. The highest BCUT2D eigenvalue weighted by atomic mass is 19.4. The van der Waals surface area contributed by atoms with Crippen molar-refractivity contribution in [3.05, 3.63) is 35.7 Å². The Morgan fingerprint density at radius 2 is 1.95 bits per heavy atom. The van der Waals surface area contributed by atoms with E-state index in [0.29, 0.717) is 11.3 Å². The summed E-state index contributed by atoms with van der Waals surface area (Å²) in [6, 6.07) is 0. The molecule has 0 amide bonds. The van der Waals surface area contributed by atoms with E-state index in [1.165, 1.54) is 10.9 Å². The number of alkyl halides is 3. The minimum absolute atomic E-state index is 0.215. The maximum atomic E-state index is 12.3. The number of carbonyl (C=O) groups is 1. The van der Waals surface area contributed by atoms with Gasteiger partial charge in [0.05, 0.1) is 24.5 Å². The molecule has 0 aliphatic carbocycles. The zero-order valence-electron chi connectivity index (χ0n) is 10.2. The predicted octanol–water partition coefficient (Wildman–Crippen LogP) is 1.62. The molecule has 2 rings (SSSR count). The van der Waals surface area contributed by atoms with Crippen LogP contribution in [0.25, 0.3) is 5.69 Å². The molecule has 1 N–H and O–H groups in total. The number of hydrogen-bond donors (Lipinski definition) is 1. The molecule has 2 heterocycles. The van der Waals surface area contributed by atoms with Crippen LogP contribution < -0.4 is 0 Å². The van der Waals surface area contributed by atoms with Gasteiger partial charge in [0, 0.05) is 11.8 Å². The summed E-state index contributed by atoms with van der Waals surface area (Å²) < 4.78 is 38.2. The molecule has 0 atom stereocenters. The quantitative estimate of drug-likeness (QED) is 0.927. The van der Waals surface area contributed by atoms with Crippen LogP contribution in [-0.4, -0.2) is 30.8 Å². The Kier molecular flexibility index (Phi) is 3.43. The van der Waals surface area contributed by atoms with Gasteiger partial charge in [-0.3, -0.25) is 4.79 Å². The fourth-order valence-corrected chi connectivity index (χ4v) is 1.55. The van der Waals surface area contributed by atoms with E-state index in [1.54, 1.807) is 6.92 Å². The van der Waals surface area contributed by atoms with Crippen LogP contribution in [0.1, 0.15) is 17.1 Å². The van der Waals surface area contributed by atoms with Gasteiger partial charge in [0.1, 0.15) is 5.69 Å². The SMILES string of the molecule is Cc1nn(-c2cnc(C(F)(F)F)nc2)cc1CC(=O)O. The molecule has 6 nitrogen and oxygen atoms in total. The van der Waals surface area contributed by atoms with E-state index in [-0.39, 0.29) is 12.1 Å². The number of aliphatic carboxylic acids is 1. The summed E-state index contributed by atoms with van der Waals surface area (Å²) in [5.74, 6) is -2.26. The molecule has 0 aromatic carbocycles. The van der Waals surface area contributed by atoms with Crippen LogP contribution in [0.2, 0.25) is 0 Å². The summed E-state index contributed by atoms with van der Waals surface area (Å²) in [6.45, 7) is 1.61. The Morgan fingerprint density at radius 1 is 1.35 bits per heavy atom. The van der Waals surface area contributed by atoms with Gasteiger partial charge in [0.2, 0.25) is 5.82 Å². The number of carboxylic acids is 1. The van der Waals surface area contributed by atoms with Gasteiger partial charge in [-0.2, -0.15) is 18.3 Å². The van der Waals surface area contributed by atoms with Crippen molar-refractivity contribution in [2.45, 2.75) is 19.5 Å². The minimum atomic E-state index is -4.60. The van der Waals surface area contributed by atoms with Gasteiger partial charge in [-0.25, -0.2) is 14.6 Å². The fourth-order valence-electron chi connectivity index (χ4n) is 1.55. The maximum absolute atomic E-state index is 12.3. The van der Waals surface area contributed by atoms with Gasteiger partial charge in [0.15, 0.2) is 0 Å². The molecule has 2 aromatic heterocycles. The number of aromatic nitrogens is 4. The van der Waals surface area contributed by atoms with Gasteiger partial charge in [-0.15, -0.1) is 0 Å². The number of rotatable bonds is 3. The first-order valence-electron chi connectivity index (χ1n) is 5.44. The average molecular weight is 286 g/mol. The highest BCUT2D eigenvalue weighted by Gasteiger charge is 2.34. The second-order valence-electron chi connectivity index (χ2n) is 4.02. The Morgan fingerprint density at radius 3 is 2.45 bits per heavy atom. The third-order valence-electron chi connectivity index (χ3n) is 2.50. The van der Waals surface area contributed by atoms with E-state index in [2.05, 4.69) is 15.1 Å². The number of aryl methyl sites for hydroxylation is 1. The molecule has 2 aromatic rings. The molecule has 0 fully saturated rings. The number of carboxylic acid groups (broad SMARTS) is 1. The standard InChI is InChI=1S/C11H9F3N4O2/c1-6-7(2-9(19)20)5-18(17-6)8-3-15-10(16-4-8)11(12,13)14/h3-5H,2H2,1H3,(H,19,20). The summed E-state index contributed by atoms with van der Waals surface area (Å²) in [4.78, 5) is 17.1. The molecule has 0 radical (unpaired) electrons. The highest BCUT2D eigenvalue weighted by Crippen LogP contribution is 2.25. The second-order valence-corrected chi connectivity index (χ2v) is 4.02. The lowest BCUT2D eigenvalue weighted by molar-refractivity contribution is -0.145. The number of hydrogen-bond acceptors (Lipinski definition) is 4. The van der Waals surface area contributed by atoms with Crippen molar-refractivity contribution >= 4 is 5.97 Å². The van der Waals surface area contributed by atoms with Crippen LogP contribution >= 0.6 is 0 Å². The third-order valence-corrected chi connectivity index (χ3v) is 2.50. The topological polar surface area (TPSA) is 80.9 Å². The van der Waals surface area contributed by atoms with Crippen LogP contribution in [0.4, 0.5) is 13.2 Å². The van der Waals surface area contributed by atoms with E-state index in [4.69, 9.17) is 5.11 Å². The monoisotopic (exact) mass is 286 g/mol. The van der Waals surface area contributed by atoms with Gasteiger partial charge in [-0.1, -0.05) is 0 Å². The predicted molar refractivity (Wildman–Crippen MR) is 60.2 cm³/mol. The highest BCUT2D eigenvalue weighted by molar-refractivity contribution is 5.70. The lowest BCUT2D eigenvalue weighted by Gasteiger charge is -2.05. The summed E-state index contributed by atoms with van der Waals surface area (Å²) in [5, 5.41) is 12.7. The van der Waals surface area contributed by atoms with Gasteiger partial charge >= 0.3 is 12.1 Å². The fraction of sp³-hybridized carbons (Fsp3) is 0.273. The summed E-state index contributed by atoms with van der Waals surface area (Å²) in [5.41, 5.74) is 1.17. The molecule has 0 spiro atoms. The molecule has 0 unspecified atom stereocenters. The largest absolute Gasteiger partial charge is 0.481 e. The lowest BCUT2D eigenvalue weighted by atomic mass is 10.2. The molecule has 0 saturated heterocycles. The Hall–Kier alpha value is -2.45. The zero-order valence-corrected chi connectivity index (χ0v) is 10.2. The van der Waals surface area contributed by atoms with Crippen molar-refractivity contribution < 1.29 is 23.1 Å². The molecule has 106 valence electrons. The van der Waals surface area contributed by atoms with Crippen molar-refractivity contribution in [3.8, 4) is 5.69 Å². The molecule has 0 aliphatic heterocycles. The van der Waals surface area contributed by atoms with Crippen molar-refractivity contribution in [2.75, 3.05) is 0 Å². The zero-order chi connectivity index (χ0) is 14.9. The Balaban J connectivity index is 2.30. The second kappa shape index (κ2) is 4.91. The number of nitrogens with zero attached hydrogens (tertiary/aromatic N) is 4. The van der Waals surface area contributed by atoms with Gasteiger partial charge < -0.3 is 5.11 Å². The molecular weight excluding hydrogens is 277 g/mol. The van der Waals surface area contributed by atoms with E-state index in [0.717, 1.165) is 12.4 Å². The normalized spacial score (nSPS) is 11.6. The van der Waals surface area contributed by atoms with Gasteiger partial charge in [0.25, 0.3) is 0 Å². The summed E-state index contributed by atoms with van der Waals surface area (Å²) in [7, 11) is 0. The molecule has 0 bridgehead atoms.